The summed E-state index contributed by atoms with van der Waals surface area (Å²) in [6, 6.07) is 7.30. The molecular weight excluding hydrogens is 214 g/mol. The van der Waals surface area contributed by atoms with Crippen LogP contribution in [0.25, 0.3) is 0 Å². The first-order valence-corrected chi connectivity index (χ1v) is 6.10. The summed E-state index contributed by atoms with van der Waals surface area (Å²) >= 11 is 0. The first kappa shape index (κ1) is 13.4. The maximum atomic E-state index is 11.9. The van der Waals surface area contributed by atoms with E-state index in [2.05, 4.69) is 0 Å². The van der Waals surface area contributed by atoms with Crippen LogP contribution in [0.3, 0.4) is 0 Å². The maximum Gasteiger partial charge on any atom is 0.260 e. The van der Waals surface area contributed by atoms with Crippen LogP contribution >= 0.6 is 0 Å². The minimum atomic E-state index is -0.169. The van der Waals surface area contributed by atoms with Crippen LogP contribution in [-0.2, 0) is 4.79 Å². The summed E-state index contributed by atoms with van der Waals surface area (Å²) in [7, 11) is 0. The summed E-state index contributed by atoms with van der Waals surface area (Å²) in [6.45, 7) is 6.53. The molecule has 1 fully saturated rings. The molecule has 1 saturated heterocycles. The highest BCUT2D eigenvalue weighted by Gasteiger charge is 2.26. The van der Waals surface area contributed by atoms with E-state index in [1.807, 2.05) is 32.9 Å². The molecule has 0 spiro atoms. The zero-order valence-electron chi connectivity index (χ0n) is 10.7. The lowest BCUT2D eigenvalue weighted by molar-refractivity contribution is -0.125. The molecule has 1 aromatic rings. The van der Waals surface area contributed by atoms with Crippen molar-refractivity contribution in [1.29, 1.82) is 0 Å². The highest BCUT2D eigenvalue weighted by Crippen LogP contribution is 2.14. The number of aryl methyl sites for hydroxylation is 1. The number of hydrogen-bond donors (Lipinski definition) is 0. The van der Waals surface area contributed by atoms with E-state index in [4.69, 9.17) is 0 Å². The van der Waals surface area contributed by atoms with Gasteiger partial charge in [0.1, 0.15) is 0 Å². The van der Waals surface area contributed by atoms with Gasteiger partial charge in [0.2, 0.25) is 5.91 Å². The fourth-order valence-corrected chi connectivity index (χ4v) is 1.71. The Morgan fingerprint density at radius 3 is 2.24 bits per heavy atom. The van der Waals surface area contributed by atoms with Crippen molar-refractivity contribution in [2.45, 2.75) is 33.6 Å². The van der Waals surface area contributed by atoms with Gasteiger partial charge in [-0.3, -0.25) is 14.5 Å². The van der Waals surface area contributed by atoms with Crippen LogP contribution in [0.2, 0.25) is 0 Å². The molecule has 0 N–H and O–H groups in total. The molecule has 0 aliphatic carbocycles. The molecule has 2 amide bonds. The van der Waals surface area contributed by atoms with Crippen molar-refractivity contribution in [2.75, 3.05) is 6.54 Å². The van der Waals surface area contributed by atoms with Crippen molar-refractivity contribution in [2.24, 2.45) is 0 Å². The van der Waals surface area contributed by atoms with Crippen LogP contribution in [0.15, 0.2) is 24.3 Å². The molecule has 1 aliphatic rings. The summed E-state index contributed by atoms with van der Waals surface area (Å²) < 4.78 is 0. The van der Waals surface area contributed by atoms with Crippen LogP contribution < -0.4 is 0 Å². The molecule has 0 atom stereocenters. The molecule has 3 heteroatoms. The lowest BCUT2D eigenvalue weighted by Crippen LogP contribution is -2.31. The van der Waals surface area contributed by atoms with Gasteiger partial charge in [-0.25, -0.2) is 0 Å². The Bertz CT molecular complexity index is 395. The molecule has 92 valence electrons. The topological polar surface area (TPSA) is 37.4 Å². The van der Waals surface area contributed by atoms with E-state index < -0.39 is 0 Å². The quantitative estimate of drug-likeness (QED) is 0.699. The second-order valence-electron chi connectivity index (χ2n) is 3.82. The van der Waals surface area contributed by atoms with Gasteiger partial charge in [-0.2, -0.15) is 0 Å². The fraction of sp³-hybridized carbons (Fsp3) is 0.429. The van der Waals surface area contributed by atoms with Crippen LogP contribution in [-0.4, -0.2) is 23.3 Å². The first-order chi connectivity index (χ1) is 8.18. The summed E-state index contributed by atoms with van der Waals surface area (Å²) in [5, 5.41) is 0. The predicted octanol–water partition coefficient (Wildman–Crippen LogP) is 2.78. The van der Waals surface area contributed by atoms with E-state index in [-0.39, 0.29) is 11.8 Å². The summed E-state index contributed by atoms with van der Waals surface area (Å²) in [5.41, 5.74) is 1.70. The fourth-order valence-electron chi connectivity index (χ4n) is 1.71. The third-order valence-corrected chi connectivity index (χ3v) is 2.62. The lowest BCUT2D eigenvalue weighted by atomic mass is 10.1. The van der Waals surface area contributed by atoms with Crippen LogP contribution in [0.1, 0.15) is 42.6 Å². The third-order valence-electron chi connectivity index (χ3n) is 2.62. The van der Waals surface area contributed by atoms with Gasteiger partial charge in [0.15, 0.2) is 0 Å². The summed E-state index contributed by atoms with van der Waals surface area (Å²) in [5.74, 6) is -0.224. The molecule has 0 radical (unpaired) electrons. The first-order valence-electron chi connectivity index (χ1n) is 6.10. The molecule has 2 rings (SSSR count). The number of amides is 2. The molecule has 1 heterocycles. The van der Waals surface area contributed by atoms with Crippen LogP contribution in [0.4, 0.5) is 0 Å². The van der Waals surface area contributed by atoms with E-state index in [0.717, 1.165) is 12.0 Å². The van der Waals surface area contributed by atoms with Crippen molar-refractivity contribution >= 4 is 11.8 Å². The second-order valence-corrected chi connectivity index (χ2v) is 3.82. The number of likely N-dealkylation sites (tertiary alicyclic amines) is 1. The van der Waals surface area contributed by atoms with Gasteiger partial charge >= 0.3 is 0 Å². The average Bonchev–Trinajstić information content (AvgIpc) is 2.78. The van der Waals surface area contributed by atoms with Crippen molar-refractivity contribution in [3.8, 4) is 0 Å². The Labute approximate surface area is 102 Å². The Kier molecular flexibility index (Phi) is 4.88. The zero-order valence-corrected chi connectivity index (χ0v) is 10.7. The molecule has 3 nitrogen and oxygen atoms in total. The molecule has 0 bridgehead atoms. The summed E-state index contributed by atoms with van der Waals surface area (Å²) in [4.78, 5) is 24.6. The van der Waals surface area contributed by atoms with Gasteiger partial charge in [-0.15, -0.1) is 0 Å². The molecule has 0 aromatic heterocycles. The number of benzene rings is 1. The number of hydrogen-bond acceptors (Lipinski definition) is 2. The van der Waals surface area contributed by atoms with Crippen molar-refractivity contribution in [3.63, 3.8) is 0 Å². The van der Waals surface area contributed by atoms with Crippen molar-refractivity contribution in [1.82, 2.24) is 4.90 Å². The van der Waals surface area contributed by atoms with E-state index >= 15 is 0 Å². The number of imide groups is 1. The predicted molar refractivity (Wildman–Crippen MR) is 67.8 cm³/mol. The largest absolute Gasteiger partial charge is 0.279 e. The second kappa shape index (κ2) is 6.18. The molecular formula is C14H19NO2. The van der Waals surface area contributed by atoms with Crippen LogP contribution in [0.5, 0.6) is 0 Å². The van der Waals surface area contributed by atoms with Gasteiger partial charge in [0, 0.05) is 18.5 Å². The van der Waals surface area contributed by atoms with Crippen molar-refractivity contribution < 1.29 is 9.59 Å². The number of rotatable bonds is 1. The van der Waals surface area contributed by atoms with Crippen molar-refractivity contribution in [3.05, 3.63) is 35.4 Å². The zero-order chi connectivity index (χ0) is 12.8. The van der Waals surface area contributed by atoms with Gasteiger partial charge < -0.3 is 0 Å². The maximum absolute atomic E-state index is 11.9. The lowest BCUT2D eigenvalue weighted by Gasteiger charge is -2.13. The monoisotopic (exact) mass is 233 g/mol. The SMILES string of the molecule is CC.Cc1ccc(C(=O)N2CCCC2=O)cc1. The molecule has 0 unspecified atom stereocenters. The Balaban J connectivity index is 0.000000686. The molecule has 17 heavy (non-hydrogen) atoms. The smallest absolute Gasteiger partial charge is 0.260 e. The van der Waals surface area contributed by atoms with Crippen LogP contribution in [0, 0.1) is 6.92 Å². The minimum Gasteiger partial charge on any atom is -0.279 e. The standard InChI is InChI=1S/C12H13NO2.C2H6/c1-9-4-6-10(7-5-9)12(15)13-8-2-3-11(13)14;1-2/h4-7H,2-3,8H2,1H3;1-2H3. The van der Waals surface area contributed by atoms with Gasteiger partial charge in [0.25, 0.3) is 5.91 Å². The van der Waals surface area contributed by atoms with Gasteiger partial charge in [0.05, 0.1) is 0 Å². The third kappa shape index (κ3) is 3.16. The number of carbonyl (C=O) groups is 2. The number of carbonyl (C=O) groups excluding carboxylic acids is 2. The highest BCUT2D eigenvalue weighted by molar-refractivity contribution is 6.05. The molecule has 1 aromatic carbocycles. The Morgan fingerprint density at radius 2 is 1.76 bits per heavy atom. The van der Waals surface area contributed by atoms with E-state index in [0.29, 0.717) is 18.5 Å². The summed E-state index contributed by atoms with van der Waals surface area (Å²) in [6.07, 6.45) is 1.29. The van der Waals surface area contributed by atoms with E-state index in [1.54, 1.807) is 12.1 Å². The normalized spacial score (nSPS) is 14.3. The molecule has 0 saturated carbocycles. The highest BCUT2D eigenvalue weighted by atomic mass is 16.2. The Hall–Kier alpha value is -1.64. The average molecular weight is 233 g/mol. The van der Waals surface area contributed by atoms with E-state index in [1.165, 1.54) is 4.90 Å². The van der Waals surface area contributed by atoms with Gasteiger partial charge in [-0.05, 0) is 25.5 Å². The number of nitrogens with zero attached hydrogens (tertiary/aromatic N) is 1. The van der Waals surface area contributed by atoms with Gasteiger partial charge in [-0.1, -0.05) is 31.5 Å². The minimum absolute atomic E-state index is 0.0550. The Morgan fingerprint density at radius 1 is 1.18 bits per heavy atom. The van der Waals surface area contributed by atoms with E-state index in [9.17, 15) is 9.59 Å². The molecule has 1 aliphatic heterocycles.